The number of benzene rings is 6. The van der Waals surface area contributed by atoms with Gasteiger partial charge < -0.3 is 4.57 Å². The Balaban J connectivity index is 1.20. The second kappa shape index (κ2) is 11.7. The third-order valence-corrected chi connectivity index (χ3v) is 9.82. The van der Waals surface area contributed by atoms with Gasteiger partial charge in [-0.3, -0.25) is 8.97 Å². The van der Waals surface area contributed by atoms with Gasteiger partial charge in [-0.05, 0) is 55.5 Å². The summed E-state index contributed by atoms with van der Waals surface area (Å²) in [7, 11) is 0. The van der Waals surface area contributed by atoms with Gasteiger partial charge in [-0.25, -0.2) is 19.9 Å². The van der Waals surface area contributed by atoms with Crippen LogP contribution in [-0.4, -0.2) is 33.5 Å². The van der Waals surface area contributed by atoms with Crippen LogP contribution < -0.4 is 0 Å². The van der Waals surface area contributed by atoms with Gasteiger partial charge in [0.2, 0.25) is 5.78 Å². The van der Waals surface area contributed by atoms with Crippen molar-refractivity contribution in [1.29, 1.82) is 0 Å². The van der Waals surface area contributed by atoms with Gasteiger partial charge in [0, 0.05) is 38.8 Å². The van der Waals surface area contributed by atoms with Gasteiger partial charge in [0.15, 0.2) is 17.5 Å². The quantitative estimate of drug-likeness (QED) is 0.165. The summed E-state index contributed by atoms with van der Waals surface area (Å²) >= 11 is 0. The van der Waals surface area contributed by atoms with E-state index in [1.165, 1.54) is 5.39 Å². The number of imidazole rings is 2. The zero-order valence-electron chi connectivity index (χ0n) is 28.3. The fourth-order valence-corrected chi connectivity index (χ4v) is 7.46. The number of hydrogen-bond donors (Lipinski definition) is 0. The van der Waals surface area contributed by atoms with Crippen LogP contribution in [0, 0.1) is 0 Å². The predicted octanol–water partition coefficient (Wildman–Crippen LogP) is 10.8. The number of fused-ring (bicyclic) bond motifs is 8. The highest BCUT2D eigenvalue weighted by molar-refractivity contribution is 6.13. The van der Waals surface area contributed by atoms with E-state index in [0.29, 0.717) is 17.5 Å². The standard InChI is InChI=1S/C45H31N7/c1-3-32(4-2)51-38-24-13-14-25-39(38)52-41-27-35-34-22-11-12-23-37(34)50(40(35)28-36(41)46-45(51)52)33-21-15-20-31(26-33)44-48-42(29-16-7-5-8-17-29)47-43(49-44)30-18-9-6-10-19-30/h3-28H,1H2,2H3/b32-4+. The molecule has 0 atom stereocenters. The SMILES string of the molecule is C=C/C(=C\C)n1c2ccccc2n2c3cc4c5ccccc5n(-c5cccc(-c6nc(-c7ccccc7)nc(-c7ccccc7)n6)c5)c4cc3nc12. The van der Waals surface area contributed by atoms with Crippen molar-refractivity contribution in [2.24, 2.45) is 0 Å². The summed E-state index contributed by atoms with van der Waals surface area (Å²) in [6.07, 6.45) is 3.96. The minimum Gasteiger partial charge on any atom is -0.309 e. The van der Waals surface area contributed by atoms with Crippen molar-refractivity contribution in [2.75, 3.05) is 0 Å². The van der Waals surface area contributed by atoms with Gasteiger partial charge in [-0.2, -0.15) is 0 Å². The van der Waals surface area contributed by atoms with Gasteiger partial charge in [0.05, 0.1) is 33.1 Å². The topological polar surface area (TPSA) is 65.8 Å². The van der Waals surface area contributed by atoms with Gasteiger partial charge >= 0.3 is 0 Å². The van der Waals surface area contributed by atoms with Crippen molar-refractivity contribution in [3.05, 3.63) is 164 Å². The molecule has 7 heteroatoms. The first-order valence-corrected chi connectivity index (χ1v) is 17.3. The van der Waals surface area contributed by atoms with E-state index < -0.39 is 0 Å². The Kier molecular flexibility index (Phi) is 6.72. The molecule has 0 saturated heterocycles. The van der Waals surface area contributed by atoms with E-state index in [2.05, 4.69) is 111 Å². The van der Waals surface area contributed by atoms with Gasteiger partial charge in [0.25, 0.3) is 0 Å². The lowest BCUT2D eigenvalue weighted by Gasteiger charge is -2.11. The van der Waals surface area contributed by atoms with Crippen molar-refractivity contribution < 1.29 is 0 Å². The molecule has 0 bridgehead atoms. The summed E-state index contributed by atoms with van der Waals surface area (Å²) in [5.74, 6) is 2.74. The molecule has 10 aromatic rings. The molecule has 0 aliphatic carbocycles. The smallest absolute Gasteiger partial charge is 0.220 e. The molecule has 0 aliphatic heterocycles. The van der Waals surface area contributed by atoms with E-state index in [9.17, 15) is 0 Å². The van der Waals surface area contributed by atoms with Crippen LogP contribution in [0.15, 0.2) is 164 Å². The summed E-state index contributed by atoms with van der Waals surface area (Å²) in [6.45, 7) is 6.13. The maximum Gasteiger partial charge on any atom is 0.220 e. The second-order valence-electron chi connectivity index (χ2n) is 12.8. The lowest BCUT2D eigenvalue weighted by atomic mass is 10.1. The van der Waals surface area contributed by atoms with Gasteiger partial charge in [-0.15, -0.1) is 0 Å². The number of aromatic nitrogens is 7. The molecule has 10 rings (SSSR count). The Labute approximate surface area is 299 Å². The minimum atomic E-state index is 0.615. The Hall–Kier alpha value is -7.12. The van der Waals surface area contributed by atoms with Crippen molar-refractivity contribution in [3.8, 4) is 39.9 Å². The summed E-state index contributed by atoms with van der Waals surface area (Å²) < 4.78 is 6.77. The first kappa shape index (κ1) is 29.8. The second-order valence-corrected chi connectivity index (χ2v) is 12.8. The largest absolute Gasteiger partial charge is 0.309 e. The molecule has 0 fully saturated rings. The van der Waals surface area contributed by atoms with Crippen LogP contribution in [0.3, 0.4) is 0 Å². The Morgan fingerprint density at radius 3 is 1.79 bits per heavy atom. The monoisotopic (exact) mass is 669 g/mol. The zero-order valence-corrected chi connectivity index (χ0v) is 28.3. The number of nitrogens with zero attached hydrogens (tertiary/aromatic N) is 7. The molecule has 4 heterocycles. The summed E-state index contributed by atoms with van der Waals surface area (Å²) in [6, 6.07) is 50.1. The summed E-state index contributed by atoms with van der Waals surface area (Å²) in [5, 5.41) is 2.32. The van der Waals surface area contributed by atoms with Crippen LogP contribution in [0.4, 0.5) is 0 Å². The first-order valence-electron chi connectivity index (χ1n) is 17.3. The van der Waals surface area contributed by atoms with Crippen molar-refractivity contribution in [2.45, 2.75) is 6.92 Å². The van der Waals surface area contributed by atoms with Crippen LogP contribution in [0.2, 0.25) is 0 Å². The molecular formula is C45H31N7. The maximum absolute atomic E-state index is 5.26. The Bertz CT molecular complexity index is 2980. The van der Waals surface area contributed by atoms with Crippen LogP contribution in [0.25, 0.3) is 95.2 Å². The first-order chi connectivity index (χ1) is 25.7. The number of allylic oxidation sites excluding steroid dienone is 3. The van der Waals surface area contributed by atoms with E-state index >= 15 is 0 Å². The van der Waals surface area contributed by atoms with E-state index in [4.69, 9.17) is 19.9 Å². The van der Waals surface area contributed by atoms with Crippen molar-refractivity contribution in [1.82, 2.24) is 33.5 Å². The molecule has 0 saturated carbocycles. The normalized spacial score (nSPS) is 12.1. The molecular weight excluding hydrogens is 639 g/mol. The third-order valence-electron chi connectivity index (χ3n) is 9.82. The lowest BCUT2D eigenvalue weighted by Crippen LogP contribution is -2.01. The van der Waals surface area contributed by atoms with Crippen LogP contribution in [0.5, 0.6) is 0 Å². The van der Waals surface area contributed by atoms with Gasteiger partial charge in [0.1, 0.15) is 0 Å². The fraction of sp³-hybridized carbons (Fsp3) is 0.0222. The molecule has 0 unspecified atom stereocenters. The number of para-hydroxylation sites is 3. The van der Waals surface area contributed by atoms with E-state index in [0.717, 1.165) is 72.3 Å². The van der Waals surface area contributed by atoms with Gasteiger partial charge in [-0.1, -0.05) is 116 Å². The molecule has 0 spiro atoms. The van der Waals surface area contributed by atoms with Crippen LogP contribution >= 0.6 is 0 Å². The highest BCUT2D eigenvalue weighted by Gasteiger charge is 2.21. The lowest BCUT2D eigenvalue weighted by molar-refractivity contribution is 1.07. The molecule has 246 valence electrons. The van der Waals surface area contributed by atoms with Crippen LogP contribution in [-0.2, 0) is 0 Å². The Morgan fingerprint density at radius 1 is 0.519 bits per heavy atom. The molecule has 6 aromatic carbocycles. The zero-order chi connectivity index (χ0) is 34.8. The summed E-state index contributed by atoms with van der Waals surface area (Å²) in [4.78, 5) is 20.2. The van der Waals surface area contributed by atoms with E-state index in [1.807, 2.05) is 73.7 Å². The van der Waals surface area contributed by atoms with E-state index in [-0.39, 0.29) is 0 Å². The van der Waals surface area contributed by atoms with Crippen molar-refractivity contribution in [3.63, 3.8) is 0 Å². The molecule has 52 heavy (non-hydrogen) atoms. The highest BCUT2D eigenvalue weighted by atomic mass is 15.2. The van der Waals surface area contributed by atoms with E-state index in [1.54, 1.807) is 0 Å². The third kappa shape index (κ3) is 4.53. The summed E-state index contributed by atoms with van der Waals surface area (Å²) in [5.41, 5.74) is 11.1. The molecule has 4 aromatic heterocycles. The average molecular weight is 670 g/mol. The van der Waals surface area contributed by atoms with Crippen molar-refractivity contribution >= 4 is 55.3 Å². The molecule has 7 nitrogen and oxygen atoms in total. The molecule has 0 aliphatic rings. The minimum absolute atomic E-state index is 0.615. The molecule has 0 N–H and O–H groups in total. The highest BCUT2D eigenvalue weighted by Crippen LogP contribution is 2.38. The fourth-order valence-electron chi connectivity index (χ4n) is 7.46. The molecule has 0 amide bonds. The number of rotatable bonds is 6. The Morgan fingerprint density at radius 2 is 1.12 bits per heavy atom. The average Bonchev–Trinajstić information content (AvgIpc) is 3.85. The maximum atomic E-state index is 5.26. The predicted molar refractivity (Wildman–Crippen MR) is 212 cm³/mol. The van der Waals surface area contributed by atoms with Crippen LogP contribution in [0.1, 0.15) is 6.92 Å². The number of hydrogen-bond acceptors (Lipinski definition) is 4. The molecule has 0 radical (unpaired) electrons.